The number of halogens is 1. The Hall–Kier alpha value is -2.26. The first kappa shape index (κ1) is 18.5. The van der Waals surface area contributed by atoms with Crippen molar-refractivity contribution in [2.45, 2.75) is 25.8 Å². The molecule has 3 N–H and O–H groups in total. The van der Waals surface area contributed by atoms with Crippen LogP contribution in [0.1, 0.15) is 30.1 Å². The van der Waals surface area contributed by atoms with E-state index in [4.69, 9.17) is 26.6 Å². The van der Waals surface area contributed by atoms with Crippen LogP contribution in [0.15, 0.2) is 16.7 Å². The molecule has 0 radical (unpaired) electrons. The van der Waals surface area contributed by atoms with Crippen LogP contribution in [-0.2, 0) is 4.74 Å². The maximum absolute atomic E-state index is 12.7. The molecule has 2 aromatic rings. The van der Waals surface area contributed by atoms with Crippen molar-refractivity contribution < 1.29 is 18.8 Å². The lowest BCUT2D eigenvalue weighted by molar-refractivity contribution is 0.0861. The van der Waals surface area contributed by atoms with Crippen LogP contribution in [0, 0.1) is 0 Å². The van der Waals surface area contributed by atoms with Crippen molar-refractivity contribution in [2.75, 3.05) is 25.4 Å². The van der Waals surface area contributed by atoms with Crippen LogP contribution >= 0.6 is 22.9 Å². The van der Waals surface area contributed by atoms with Crippen molar-refractivity contribution in [3.63, 3.8) is 0 Å². The molecule has 8 nitrogen and oxygen atoms in total. The van der Waals surface area contributed by atoms with Crippen LogP contribution < -0.4 is 11.1 Å². The van der Waals surface area contributed by atoms with Crippen molar-refractivity contribution in [3.05, 3.63) is 22.0 Å². The highest BCUT2D eigenvalue weighted by atomic mass is 35.5. The van der Waals surface area contributed by atoms with Gasteiger partial charge in [0.15, 0.2) is 0 Å². The highest BCUT2D eigenvalue weighted by molar-refractivity contribution is 7.19. The highest BCUT2D eigenvalue weighted by Gasteiger charge is 2.28. The summed E-state index contributed by atoms with van der Waals surface area (Å²) in [6.07, 6.45) is 0.948. The third kappa shape index (κ3) is 3.94. The van der Waals surface area contributed by atoms with Gasteiger partial charge in [0.25, 0.3) is 5.91 Å². The number of nitrogens with two attached hydrogens (primary N) is 1. The fourth-order valence-electron chi connectivity index (χ4n) is 2.81. The Bertz CT molecular complexity index is 798. The lowest BCUT2D eigenvalue weighted by atomic mass is 10.0. The number of amides is 2. The van der Waals surface area contributed by atoms with E-state index >= 15 is 0 Å². The van der Waals surface area contributed by atoms with E-state index in [0.29, 0.717) is 47.4 Å². The Kier molecular flexibility index (Phi) is 5.67. The Morgan fingerprint density at radius 1 is 1.46 bits per heavy atom. The fourth-order valence-corrected chi connectivity index (χ4v) is 3.84. The average molecular weight is 399 g/mol. The van der Waals surface area contributed by atoms with Gasteiger partial charge in [-0.05, 0) is 31.9 Å². The molecule has 0 aromatic carbocycles. The fraction of sp³-hybridized carbons (Fsp3) is 0.438. The molecule has 3 heterocycles. The number of anilines is 1. The maximum atomic E-state index is 12.7. The number of hydrogen-bond donors (Lipinski definition) is 2. The maximum Gasteiger partial charge on any atom is 0.409 e. The normalized spacial score (nSPS) is 15.1. The second-order valence-electron chi connectivity index (χ2n) is 5.81. The Morgan fingerprint density at radius 2 is 2.19 bits per heavy atom. The minimum Gasteiger partial charge on any atom is -0.450 e. The molecule has 10 heteroatoms. The highest BCUT2D eigenvalue weighted by Crippen LogP contribution is 2.34. The van der Waals surface area contributed by atoms with Gasteiger partial charge in [-0.15, -0.1) is 11.3 Å². The molecule has 0 aliphatic carbocycles. The van der Waals surface area contributed by atoms with Gasteiger partial charge < -0.3 is 25.2 Å². The van der Waals surface area contributed by atoms with Crippen molar-refractivity contribution in [1.82, 2.24) is 15.4 Å². The summed E-state index contributed by atoms with van der Waals surface area (Å²) in [4.78, 5) is 26.8. The van der Waals surface area contributed by atoms with Gasteiger partial charge in [-0.3, -0.25) is 4.79 Å². The van der Waals surface area contributed by atoms with Crippen LogP contribution in [0.4, 0.5) is 10.7 Å². The van der Waals surface area contributed by atoms with E-state index < -0.39 is 0 Å². The zero-order chi connectivity index (χ0) is 18.7. The summed E-state index contributed by atoms with van der Waals surface area (Å²) in [5.41, 5.74) is 6.38. The number of nitrogens with zero attached hydrogens (tertiary/aromatic N) is 2. The molecular weight excluding hydrogens is 380 g/mol. The van der Waals surface area contributed by atoms with Gasteiger partial charge in [0, 0.05) is 19.1 Å². The molecule has 0 spiro atoms. The van der Waals surface area contributed by atoms with E-state index in [-0.39, 0.29) is 29.5 Å². The van der Waals surface area contributed by atoms with E-state index in [1.54, 1.807) is 24.0 Å². The summed E-state index contributed by atoms with van der Waals surface area (Å²) >= 11 is 7.24. The number of nitrogen functional groups attached to an aromatic ring is 1. The van der Waals surface area contributed by atoms with E-state index in [0.717, 1.165) is 0 Å². The molecule has 2 aromatic heterocycles. The van der Waals surface area contributed by atoms with Gasteiger partial charge in [0.05, 0.1) is 15.8 Å². The smallest absolute Gasteiger partial charge is 0.409 e. The number of hydrogen-bond acceptors (Lipinski definition) is 7. The van der Waals surface area contributed by atoms with Gasteiger partial charge in [-0.2, -0.15) is 0 Å². The van der Waals surface area contributed by atoms with E-state index in [2.05, 4.69) is 10.5 Å². The number of rotatable bonds is 4. The molecule has 3 rings (SSSR count). The molecule has 2 amide bonds. The minimum absolute atomic E-state index is 0.0361. The topological polar surface area (TPSA) is 111 Å². The van der Waals surface area contributed by atoms with Crippen molar-refractivity contribution in [2.24, 2.45) is 0 Å². The second kappa shape index (κ2) is 7.96. The molecule has 140 valence electrons. The molecule has 0 unspecified atom stereocenters. The van der Waals surface area contributed by atoms with Crippen LogP contribution in [0.2, 0.25) is 4.34 Å². The van der Waals surface area contributed by atoms with Gasteiger partial charge >= 0.3 is 6.09 Å². The predicted molar refractivity (Wildman–Crippen MR) is 98.3 cm³/mol. The second-order valence-corrected chi connectivity index (χ2v) is 7.52. The summed E-state index contributed by atoms with van der Waals surface area (Å²) < 4.78 is 10.6. The molecule has 1 fully saturated rings. The Labute approximate surface area is 159 Å². The first-order valence-electron chi connectivity index (χ1n) is 8.23. The molecule has 26 heavy (non-hydrogen) atoms. The predicted octanol–water partition coefficient (Wildman–Crippen LogP) is 2.99. The summed E-state index contributed by atoms with van der Waals surface area (Å²) in [7, 11) is 0. The lowest BCUT2D eigenvalue weighted by Gasteiger charge is -2.31. The number of ether oxygens (including phenoxy) is 1. The van der Waals surface area contributed by atoms with Crippen molar-refractivity contribution >= 4 is 40.8 Å². The molecule has 0 saturated carbocycles. The van der Waals surface area contributed by atoms with Crippen LogP contribution in [0.3, 0.4) is 0 Å². The molecule has 1 aliphatic heterocycles. The zero-order valence-corrected chi connectivity index (χ0v) is 15.7. The van der Waals surface area contributed by atoms with Crippen LogP contribution in [0.5, 0.6) is 0 Å². The number of likely N-dealkylation sites (tertiary alicyclic amines) is 1. The number of carbonyl (C=O) groups excluding carboxylic acids is 2. The molecular formula is C16H19ClN4O4S. The standard InChI is InChI=1S/C16H19ClN4O4S/c1-2-24-16(23)21-7-5-9(6-8-21)19-15(22)12-13(20-25-14(12)18)10-3-4-11(17)26-10/h3-4,9H,2,5-8,18H2,1H3,(H,19,22). The van der Waals surface area contributed by atoms with Gasteiger partial charge in [0.1, 0.15) is 11.3 Å². The summed E-state index contributed by atoms with van der Waals surface area (Å²) in [6.45, 7) is 3.16. The lowest BCUT2D eigenvalue weighted by Crippen LogP contribution is -2.46. The minimum atomic E-state index is -0.349. The van der Waals surface area contributed by atoms with E-state index in [9.17, 15) is 9.59 Å². The molecule has 1 saturated heterocycles. The third-order valence-electron chi connectivity index (χ3n) is 4.11. The Balaban J connectivity index is 1.65. The van der Waals surface area contributed by atoms with Crippen LogP contribution in [0.25, 0.3) is 10.6 Å². The van der Waals surface area contributed by atoms with Gasteiger partial charge in [-0.1, -0.05) is 16.8 Å². The average Bonchev–Trinajstić information content (AvgIpc) is 3.21. The zero-order valence-electron chi connectivity index (χ0n) is 14.2. The summed E-state index contributed by atoms with van der Waals surface area (Å²) in [5.74, 6) is -0.385. The number of carbonyl (C=O) groups is 2. The first-order chi connectivity index (χ1) is 12.5. The van der Waals surface area contributed by atoms with Crippen molar-refractivity contribution in [3.8, 4) is 10.6 Å². The number of nitrogens with one attached hydrogen (secondary N) is 1. The summed E-state index contributed by atoms with van der Waals surface area (Å²) in [6, 6.07) is 3.42. The first-order valence-corrected chi connectivity index (χ1v) is 9.42. The molecule has 0 atom stereocenters. The number of aromatic nitrogens is 1. The SMILES string of the molecule is CCOC(=O)N1CCC(NC(=O)c2c(-c3ccc(Cl)s3)noc2N)CC1. The number of thiophene rings is 1. The third-order valence-corrected chi connectivity index (χ3v) is 5.35. The van der Waals surface area contributed by atoms with E-state index in [1.807, 2.05) is 0 Å². The van der Waals surface area contributed by atoms with Gasteiger partial charge in [0.2, 0.25) is 5.88 Å². The van der Waals surface area contributed by atoms with Gasteiger partial charge in [-0.25, -0.2) is 4.79 Å². The van der Waals surface area contributed by atoms with E-state index in [1.165, 1.54) is 11.3 Å². The molecule has 0 bridgehead atoms. The Morgan fingerprint density at radius 3 is 2.81 bits per heavy atom. The molecule has 1 aliphatic rings. The van der Waals surface area contributed by atoms with Crippen LogP contribution in [-0.4, -0.2) is 47.8 Å². The quantitative estimate of drug-likeness (QED) is 0.818. The number of piperidine rings is 1. The van der Waals surface area contributed by atoms with Crippen molar-refractivity contribution in [1.29, 1.82) is 0 Å². The monoisotopic (exact) mass is 398 g/mol. The largest absolute Gasteiger partial charge is 0.450 e. The summed E-state index contributed by atoms with van der Waals surface area (Å²) in [5, 5.41) is 6.84.